The summed E-state index contributed by atoms with van der Waals surface area (Å²) in [5.74, 6) is 2.85. The molecule has 2 fully saturated rings. The monoisotopic (exact) mass is 280 g/mol. The van der Waals surface area contributed by atoms with Gasteiger partial charge in [-0.25, -0.2) is 0 Å². The number of hydrogen-bond donors (Lipinski definition) is 0. The molecule has 0 saturated heterocycles. The van der Waals surface area contributed by atoms with E-state index in [1.807, 2.05) is 0 Å². The van der Waals surface area contributed by atoms with Crippen LogP contribution in [0.15, 0.2) is 0 Å². The van der Waals surface area contributed by atoms with Crippen LogP contribution in [0, 0.1) is 17.8 Å². The van der Waals surface area contributed by atoms with Crippen molar-refractivity contribution in [3.63, 3.8) is 0 Å². The molecule has 0 aromatic heterocycles. The molecule has 2 saturated carbocycles. The van der Waals surface area contributed by atoms with Gasteiger partial charge in [0.25, 0.3) is 0 Å². The molecule has 0 N–H and O–H groups in total. The van der Waals surface area contributed by atoms with Gasteiger partial charge < -0.3 is 4.74 Å². The molecule has 2 aliphatic carbocycles. The Bertz CT molecular complexity index is 234. The van der Waals surface area contributed by atoms with Gasteiger partial charge in [0, 0.05) is 6.61 Å². The van der Waals surface area contributed by atoms with Crippen LogP contribution in [0.4, 0.5) is 0 Å². The Balaban J connectivity index is 1.53. The van der Waals surface area contributed by atoms with Gasteiger partial charge in [0.1, 0.15) is 0 Å². The summed E-state index contributed by atoms with van der Waals surface area (Å²) in [5.41, 5.74) is 0. The minimum absolute atomic E-state index is 0.591. The van der Waals surface area contributed by atoms with Gasteiger partial charge in [-0.2, -0.15) is 0 Å². The van der Waals surface area contributed by atoms with E-state index in [2.05, 4.69) is 13.8 Å². The molecule has 0 bridgehead atoms. The van der Waals surface area contributed by atoms with E-state index >= 15 is 0 Å². The van der Waals surface area contributed by atoms with Gasteiger partial charge in [-0.05, 0) is 56.3 Å². The van der Waals surface area contributed by atoms with Gasteiger partial charge in [0.15, 0.2) is 0 Å². The third kappa shape index (κ3) is 5.76. The molecule has 0 spiro atoms. The highest BCUT2D eigenvalue weighted by Crippen LogP contribution is 2.33. The lowest BCUT2D eigenvalue weighted by Gasteiger charge is -2.31. The lowest BCUT2D eigenvalue weighted by molar-refractivity contribution is -0.00841. The van der Waals surface area contributed by atoms with Crippen LogP contribution in [0.1, 0.15) is 90.9 Å². The summed E-state index contributed by atoms with van der Waals surface area (Å²) in [6, 6.07) is 0. The molecule has 2 aliphatic rings. The highest BCUT2D eigenvalue weighted by Gasteiger charge is 2.23. The highest BCUT2D eigenvalue weighted by atomic mass is 16.5. The second-order valence-electron chi connectivity index (χ2n) is 7.60. The van der Waals surface area contributed by atoms with Gasteiger partial charge in [-0.3, -0.25) is 0 Å². The van der Waals surface area contributed by atoms with E-state index in [0.717, 1.165) is 24.4 Å². The number of rotatable bonds is 7. The van der Waals surface area contributed by atoms with Crippen molar-refractivity contribution >= 4 is 0 Å². The number of unbranched alkanes of at least 4 members (excludes halogenated alkanes) is 2. The Labute approximate surface area is 126 Å². The highest BCUT2D eigenvalue weighted by molar-refractivity contribution is 4.74. The molecule has 20 heavy (non-hydrogen) atoms. The summed E-state index contributed by atoms with van der Waals surface area (Å²) >= 11 is 0. The molecule has 0 amide bonds. The lowest BCUT2D eigenvalue weighted by atomic mass is 9.80. The predicted octanol–water partition coefficient (Wildman–Crippen LogP) is 5.97. The second-order valence-corrected chi connectivity index (χ2v) is 7.60. The molecule has 0 aromatic rings. The summed E-state index contributed by atoms with van der Waals surface area (Å²) in [6.45, 7) is 5.75. The fourth-order valence-corrected chi connectivity index (χ4v) is 4.04. The van der Waals surface area contributed by atoms with Crippen LogP contribution in [-0.4, -0.2) is 12.7 Å². The van der Waals surface area contributed by atoms with Crippen molar-refractivity contribution < 1.29 is 4.74 Å². The SMILES string of the molecule is CCCCCC1CCC(COC2CCC(C)CC2)CC1. The largest absolute Gasteiger partial charge is 0.378 e. The molecule has 0 atom stereocenters. The van der Waals surface area contributed by atoms with Gasteiger partial charge in [-0.15, -0.1) is 0 Å². The first kappa shape index (κ1) is 16.3. The quantitative estimate of drug-likeness (QED) is 0.522. The first-order valence-electron chi connectivity index (χ1n) is 9.39. The molecule has 2 rings (SSSR count). The Hall–Kier alpha value is -0.0400. The van der Waals surface area contributed by atoms with Gasteiger partial charge in [0.05, 0.1) is 6.10 Å². The zero-order valence-electron chi connectivity index (χ0n) is 13.9. The zero-order chi connectivity index (χ0) is 14.2. The van der Waals surface area contributed by atoms with E-state index in [1.165, 1.54) is 77.0 Å². The van der Waals surface area contributed by atoms with Crippen molar-refractivity contribution in [1.29, 1.82) is 0 Å². The topological polar surface area (TPSA) is 9.23 Å². The van der Waals surface area contributed by atoms with Crippen molar-refractivity contribution in [2.75, 3.05) is 6.61 Å². The molecular weight excluding hydrogens is 244 g/mol. The molecule has 0 aliphatic heterocycles. The second kappa shape index (κ2) is 9.07. The van der Waals surface area contributed by atoms with Gasteiger partial charge in [-0.1, -0.05) is 52.4 Å². The van der Waals surface area contributed by atoms with Crippen LogP contribution >= 0.6 is 0 Å². The maximum atomic E-state index is 6.20. The molecule has 118 valence electrons. The van der Waals surface area contributed by atoms with E-state index in [-0.39, 0.29) is 0 Å². The van der Waals surface area contributed by atoms with Crippen molar-refractivity contribution in [1.82, 2.24) is 0 Å². The molecule has 0 heterocycles. The van der Waals surface area contributed by atoms with Crippen molar-refractivity contribution in [2.45, 2.75) is 97.0 Å². The third-order valence-corrected chi connectivity index (χ3v) is 5.71. The smallest absolute Gasteiger partial charge is 0.0575 e. The predicted molar refractivity (Wildman–Crippen MR) is 87.0 cm³/mol. The van der Waals surface area contributed by atoms with Crippen molar-refractivity contribution in [3.8, 4) is 0 Å². The standard InChI is InChI=1S/C19H36O/c1-3-4-5-6-17-9-11-18(12-10-17)15-20-19-13-7-16(2)8-14-19/h16-19H,3-15H2,1-2H3. The average Bonchev–Trinajstić information content (AvgIpc) is 2.48. The summed E-state index contributed by atoms with van der Waals surface area (Å²) in [5, 5.41) is 0. The fourth-order valence-electron chi connectivity index (χ4n) is 4.04. The summed E-state index contributed by atoms with van der Waals surface area (Å²) < 4.78 is 6.20. The van der Waals surface area contributed by atoms with E-state index in [1.54, 1.807) is 0 Å². The molecular formula is C19H36O. The molecule has 0 aromatic carbocycles. The van der Waals surface area contributed by atoms with Crippen molar-refractivity contribution in [3.05, 3.63) is 0 Å². The van der Waals surface area contributed by atoms with Crippen LogP contribution in [0.5, 0.6) is 0 Å². The van der Waals surface area contributed by atoms with Crippen LogP contribution in [0.25, 0.3) is 0 Å². The molecule has 0 radical (unpaired) electrons. The summed E-state index contributed by atoms with van der Waals surface area (Å²) in [6.07, 6.45) is 17.5. The maximum Gasteiger partial charge on any atom is 0.0575 e. The molecule has 0 unspecified atom stereocenters. The number of ether oxygens (including phenoxy) is 1. The Morgan fingerprint density at radius 3 is 2.10 bits per heavy atom. The lowest BCUT2D eigenvalue weighted by Crippen LogP contribution is -2.25. The minimum Gasteiger partial charge on any atom is -0.378 e. The van der Waals surface area contributed by atoms with E-state index in [0.29, 0.717) is 6.10 Å². The van der Waals surface area contributed by atoms with E-state index < -0.39 is 0 Å². The Morgan fingerprint density at radius 2 is 1.45 bits per heavy atom. The first-order valence-corrected chi connectivity index (χ1v) is 9.39. The van der Waals surface area contributed by atoms with Gasteiger partial charge in [0.2, 0.25) is 0 Å². The molecule has 1 heteroatoms. The number of hydrogen-bond acceptors (Lipinski definition) is 1. The van der Waals surface area contributed by atoms with Crippen LogP contribution in [0.3, 0.4) is 0 Å². The van der Waals surface area contributed by atoms with Gasteiger partial charge >= 0.3 is 0 Å². The van der Waals surface area contributed by atoms with E-state index in [9.17, 15) is 0 Å². The van der Waals surface area contributed by atoms with Crippen LogP contribution < -0.4 is 0 Å². The Kier molecular flexibility index (Phi) is 7.41. The Morgan fingerprint density at radius 1 is 0.800 bits per heavy atom. The van der Waals surface area contributed by atoms with Crippen molar-refractivity contribution in [2.24, 2.45) is 17.8 Å². The average molecular weight is 280 g/mol. The normalized spacial score (nSPS) is 35.1. The van der Waals surface area contributed by atoms with E-state index in [4.69, 9.17) is 4.74 Å². The first-order chi connectivity index (χ1) is 9.78. The summed E-state index contributed by atoms with van der Waals surface area (Å²) in [7, 11) is 0. The van der Waals surface area contributed by atoms with Crippen LogP contribution in [0.2, 0.25) is 0 Å². The fraction of sp³-hybridized carbons (Fsp3) is 1.00. The summed E-state index contributed by atoms with van der Waals surface area (Å²) in [4.78, 5) is 0. The zero-order valence-corrected chi connectivity index (χ0v) is 13.9. The molecule has 1 nitrogen and oxygen atoms in total. The maximum absolute atomic E-state index is 6.20. The minimum atomic E-state index is 0.591. The van der Waals surface area contributed by atoms with Crippen LogP contribution in [-0.2, 0) is 4.74 Å². The third-order valence-electron chi connectivity index (χ3n) is 5.71.